The molecule has 0 bridgehead atoms. The first-order chi connectivity index (χ1) is 6.34. The van der Waals surface area contributed by atoms with Crippen molar-refractivity contribution < 1.29 is 0 Å². The van der Waals surface area contributed by atoms with E-state index in [0.29, 0.717) is 5.71 Å². The number of hydrogen-bond donors (Lipinski definition) is 2. The number of pyridine rings is 1. The van der Waals surface area contributed by atoms with E-state index in [1.54, 1.807) is 24.7 Å². The van der Waals surface area contributed by atoms with E-state index in [4.69, 9.17) is 5.41 Å². The summed E-state index contributed by atoms with van der Waals surface area (Å²) in [5.41, 5.74) is 1.37. The Balaban J connectivity index is 2.59. The summed E-state index contributed by atoms with van der Waals surface area (Å²) in [7, 11) is 0. The van der Waals surface area contributed by atoms with Gasteiger partial charge in [0, 0.05) is 24.5 Å². The SMILES string of the molecule is CCN/C=C\C(=N)c1ccncc1. The molecule has 0 atom stereocenters. The Hall–Kier alpha value is -1.64. The van der Waals surface area contributed by atoms with E-state index in [1.807, 2.05) is 19.1 Å². The minimum atomic E-state index is 0.489. The molecule has 68 valence electrons. The molecule has 0 aliphatic rings. The average Bonchev–Trinajstić information content (AvgIpc) is 2.19. The number of nitrogens with one attached hydrogen (secondary N) is 2. The average molecular weight is 175 g/mol. The number of rotatable bonds is 4. The van der Waals surface area contributed by atoms with E-state index in [-0.39, 0.29) is 0 Å². The van der Waals surface area contributed by atoms with E-state index in [0.717, 1.165) is 12.1 Å². The minimum absolute atomic E-state index is 0.489. The van der Waals surface area contributed by atoms with Gasteiger partial charge in [0.1, 0.15) is 0 Å². The molecule has 3 heteroatoms. The second-order valence-electron chi connectivity index (χ2n) is 2.54. The maximum absolute atomic E-state index is 7.65. The van der Waals surface area contributed by atoms with Gasteiger partial charge in [0.2, 0.25) is 0 Å². The normalized spacial score (nSPS) is 10.2. The molecule has 0 saturated carbocycles. The Morgan fingerprint density at radius 2 is 2.23 bits per heavy atom. The van der Waals surface area contributed by atoms with Crippen LogP contribution in [0.4, 0.5) is 0 Å². The van der Waals surface area contributed by atoms with Crippen LogP contribution in [0.2, 0.25) is 0 Å². The Morgan fingerprint density at radius 1 is 1.54 bits per heavy atom. The van der Waals surface area contributed by atoms with Crippen LogP contribution in [0.15, 0.2) is 36.8 Å². The highest BCUT2D eigenvalue weighted by atomic mass is 14.8. The second-order valence-corrected chi connectivity index (χ2v) is 2.54. The summed E-state index contributed by atoms with van der Waals surface area (Å²) in [6, 6.07) is 3.64. The third-order valence-corrected chi connectivity index (χ3v) is 1.56. The molecule has 0 unspecified atom stereocenters. The van der Waals surface area contributed by atoms with Crippen molar-refractivity contribution in [2.24, 2.45) is 0 Å². The van der Waals surface area contributed by atoms with E-state index in [2.05, 4.69) is 10.3 Å². The molecule has 13 heavy (non-hydrogen) atoms. The molecule has 0 amide bonds. The monoisotopic (exact) mass is 175 g/mol. The molecule has 0 aliphatic carbocycles. The van der Waals surface area contributed by atoms with Gasteiger partial charge in [-0.3, -0.25) is 4.98 Å². The van der Waals surface area contributed by atoms with Crippen molar-refractivity contribution in [1.29, 1.82) is 5.41 Å². The molecule has 0 aromatic carbocycles. The van der Waals surface area contributed by atoms with Crippen LogP contribution in [0.3, 0.4) is 0 Å². The lowest BCUT2D eigenvalue weighted by Gasteiger charge is -1.97. The van der Waals surface area contributed by atoms with Crippen molar-refractivity contribution in [1.82, 2.24) is 10.3 Å². The van der Waals surface area contributed by atoms with Gasteiger partial charge in [-0.25, -0.2) is 0 Å². The van der Waals surface area contributed by atoms with Crippen LogP contribution in [0.5, 0.6) is 0 Å². The lowest BCUT2D eigenvalue weighted by atomic mass is 10.2. The predicted molar refractivity (Wildman–Crippen MR) is 53.9 cm³/mol. The smallest absolute Gasteiger partial charge is 0.0627 e. The standard InChI is InChI=1S/C10H13N3/c1-2-12-8-5-10(11)9-3-6-13-7-4-9/h3-8,11-12H,2H2,1H3/b8-5-,11-10?. The second kappa shape index (κ2) is 5.09. The highest BCUT2D eigenvalue weighted by molar-refractivity contribution is 6.06. The number of allylic oxidation sites excluding steroid dienone is 1. The summed E-state index contributed by atoms with van der Waals surface area (Å²) < 4.78 is 0. The maximum Gasteiger partial charge on any atom is 0.0627 e. The zero-order chi connectivity index (χ0) is 9.52. The van der Waals surface area contributed by atoms with Crippen molar-refractivity contribution in [3.63, 3.8) is 0 Å². The van der Waals surface area contributed by atoms with Gasteiger partial charge >= 0.3 is 0 Å². The molecule has 1 aromatic rings. The van der Waals surface area contributed by atoms with Crippen molar-refractivity contribution in [3.05, 3.63) is 42.4 Å². The fraction of sp³-hybridized carbons (Fsp3) is 0.200. The van der Waals surface area contributed by atoms with Gasteiger partial charge in [-0.05, 0) is 31.3 Å². The number of aromatic nitrogens is 1. The first-order valence-electron chi connectivity index (χ1n) is 4.23. The zero-order valence-electron chi connectivity index (χ0n) is 7.62. The summed E-state index contributed by atoms with van der Waals surface area (Å²) >= 11 is 0. The molecule has 0 saturated heterocycles. The number of nitrogens with zero attached hydrogens (tertiary/aromatic N) is 1. The van der Waals surface area contributed by atoms with E-state index in [9.17, 15) is 0 Å². The minimum Gasteiger partial charge on any atom is -0.391 e. The summed E-state index contributed by atoms with van der Waals surface area (Å²) in [5, 5.41) is 10.7. The van der Waals surface area contributed by atoms with E-state index >= 15 is 0 Å². The molecule has 0 radical (unpaired) electrons. The quantitative estimate of drug-likeness (QED) is 0.682. The maximum atomic E-state index is 7.65. The van der Waals surface area contributed by atoms with Gasteiger partial charge in [-0.2, -0.15) is 0 Å². The summed E-state index contributed by atoms with van der Waals surface area (Å²) in [6.45, 7) is 2.89. The van der Waals surface area contributed by atoms with Gasteiger partial charge in [0.05, 0.1) is 5.71 Å². The molecule has 0 spiro atoms. The van der Waals surface area contributed by atoms with E-state index < -0.39 is 0 Å². The van der Waals surface area contributed by atoms with Crippen LogP contribution < -0.4 is 5.32 Å². The van der Waals surface area contributed by atoms with Gasteiger partial charge in [0.15, 0.2) is 0 Å². The molecule has 1 aromatic heterocycles. The Labute approximate surface area is 78.0 Å². The molecular formula is C10H13N3. The first kappa shape index (κ1) is 9.45. The molecule has 1 heterocycles. The molecule has 2 N–H and O–H groups in total. The lowest BCUT2D eigenvalue weighted by molar-refractivity contribution is 0.920. The third-order valence-electron chi connectivity index (χ3n) is 1.56. The first-order valence-corrected chi connectivity index (χ1v) is 4.23. The van der Waals surface area contributed by atoms with Crippen LogP contribution in [-0.4, -0.2) is 17.2 Å². The third kappa shape index (κ3) is 3.07. The Morgan fingerprint density at radius 3 is 2.85 bits per heavy atom. The zero-order valence-corrected chi connectivity index (χ0v) is 7.62. The molecule has 0 aliphatic heterocycles. The van der Waals surface area contributed by atoms with Crippen molar-refractivity contribution >= 4 is 5.71 Å². The van der Waals surface area contributed by atoms with Crippen LogP contribution in [-0.2, 0) is 0 Å². The van der Waals surface area contributed by atoms with Crippen molar-refractivity contribution in [3.8, 4) is 0 Å². The Kier molecular flexibility index (Phi) is 3.70. The summed E-state index contributed by atoms with van der Waals surface area (Å²) in [4.78, 5) is 3.89. The lowest BCUT2D eigenvalue weighted by Crippen LogP contribution is -2.04. The summed E-state index contributed by atoms with van der Waals surface area (Å²) in [5.74, 6) is 0. The topological polar surface area (TPSA) is 48.8 Å². The Bertz CT molecular complexity index is 290. The highest BCUT2D eigenvalue weighted by Gasteiger charge is 1.93. The largest absolute Gasteiger partial charge is 0.391 e. The fourth-order valence-electron chi connectivity index (χ4n) is 0.888. The van der Waals surface area contributed by atoms with Crippen LogP contribution >= 0.6 is 0 Å². The molecule has 1 rings (SSSR count). The summed E-state index contributed by atoms with van der Waals surface area (Å²) in [6.07, 6.45) is 6.89. The molecule has 3 nitrogen and oxygen atoms in total. The fourth-order valence-corrected chi connectivity index (χ4v) is 0.888. The van der Waals surface area contributed by atoms with Crippen molar-refractivity contribution in [2.75, 3.05) is 6.54 Å². The predicted octanol–water partition coefficient (Wildman–Crippen LogP) is 1.57. The highest BCUT2D eigenvalue weighted by Crippen LogP contribution is 1.97. The van der Waals surface area contributed by atoms with Gasteiger partial charge in [-0.15, -0.1) is 0 Å². The number of hydrogen-bond acceptors (Lipinski definition) is 3. The van der Waals surface area contributed by atoms with Gasteiger partial charge in [-0.1, -0.05) is 0 Å². The van der Waals surface area contributed by atoms with Crippen molar-refractivity contribution in [2.45, 2.75) is 6.92 Å². The van der Waals surface area contributed by atoms with Gasteiger partial charge < -0.3 is 10.7 Å². The van der Waals surface area contributed by atoms with Gasteiger partial charge in [0.25, 0.3) is 0 Å². The molecule has 0 fully saturated rings. The van der Waals surface area contributed by atoms with Crippen LogP contribution in [0, 0.1) is 5.41 Å². The van der Waals surface area contributed by atoms with E-state index in [1.165, 1.54) is 0 Å². The van der Waals surface area contributed by atoms with Crippen LogP contribution in [0.25, 0.3) is 0 Å². The molecular weight excluding hydrogens is 162 g/mol. The van der Waals surface area contributed by atoms with Crippen LogP contribution in [0.1, 0.15) is 12.5 Å².